The average molecular weight is 332 g/mol. The molecule has 118 valence electrons. The minimum atomic E-state index is -3.61. The first-order valence-corrected chi connectivity index (χ1v) is 9.67. The fraction of sp³-hybridized carbons (Fsp3) is 0.571. The van der Waals surface area contributed by atoms with Gasteiger partial charge in [0.25, 0.3) is 0 Å². The zero-order valence-corrected chi connectivity index (χ0v) is 14.6. The molecule has 21 heavy (non-hydrogen) atoms. The van der Waals surface area contributed by atoms with Crippen LogP contribution in [0, 0.1) is 12.8 Å². The molecule has 0 amide bonds. The normalized spacial score (nSPS) is 14.2. The van der Waals surface area contributed by atoms with Gasteiger partial charge in [-0.05, 0) is 36.0 Å². The molecule has 0 radical (unpaired) electrons. The molecule has 1 N–H and O–H groups in total. The van der Waals surface area contributed by atoms with Crippen molar-refractivity contribution in [1.82, 2.24) is 4.72 Å². The van der Waals surface area contributed by atoms with Crippen LogP contribution in [0.1, 0.15) is 25.8 Å². The Hall–Kier alpha value is -0.810. The van der Waals surface area contributed by atoms with Gasteiger partial charge in [-0.15, -0.1) is 4.52 Å². The van der Waals surface area contributed by atoms with Gasteiger partial charge >= 0.3 is 8.03 Å². The molecule has 0 bridgehead atoms. The highest BCUT2D eigenvalue weighted by Crippen LogP contribution is 2.24. The van der Waals surface area contributed by atoms with Crippen LogP contribution in [-0.4, -0.2) is 27.7 Å². The van der Waals surface area contributed by atoms with Crippen molar-refractivity contribution in [2.24, 2.45) is 5.92 Å². The Bertz CT molecular complexity index is 569. The van der Waals surface area contributed by atoms with Crippen LogP contribution in [0.2, 0.25) is 0 Å². The van der Waals surface area contributed by atoms with Crippen LogP contribution < -0.4 is 4.72 Å². The Kier molecular flexibility index (Phi) is 6.94. The summed E-state index contributed by atoms with van der Waals surface area (Å²) in [5.41, 5.74) is 0.996. The molecule has 5 nitrogen and oxygen atoms in total. The van der Waals surface area contributed by atoms with Gasteiger partial charge in [0.15, 0.2) is 6.16 Å². The van der Waals surface area contributed by atoms with Crippen molar-refractivity contribution in [3.05, 3.63) is 29.8 Å². The van der Waals surface area contributed by atoms with E-state index in [-0.39, 0.29) is 17.0 Å². The maximum Gasteiger partial charge on any atom is 0.509 e. The molecule has 0 spiro atoms. The minimum Gasteiger partial charge on any atom is -0.207 e. The molecule has 1 rings (SSSR count). The van der Waals surface area contributed by atoms with E-state index in [4.69, 9.17) is 4.52 Å². The molecular formula is C14H23NO4PS+. The van der Waals surface area contributed by atoms with Gasteiger partial charge in [-0.1, -0.05) is 31.5 Å². The van der Waals surface area contributed by atoms with Crippen molar-refractivity contribution >= 4 is 18.1 Å². The number of hydrogen-bond donors (Lipinski definition) is 1. The van der Waals surface area contributed by atoms with Gasteiger partial charge in [-0.2, -0.15) is 0 Å². The van der Waals surface area contributed by atoms with Gasteiger partial charge in [0.1, 0.15) is 0 Å². The molecule has 1 aromatic rings. The van der Waals surface area contributed by atoms with E-state index in [1.54, 1.807) is 24.3 Å². The van der Waals surface area contributed by atoms with Gasteiger partial charge in [0.2, 0.25) is 10.0 Å². The number of hydrogen-bond acceptors (Lipinski definition) is 4. The molecule has 7 heteroatoms. The summed E-state index contributed by atoms with van der Waals surface area (Å²) in [5, 5.41) is 0. The Morgan fingerprint density at radius 3 is 2.29 bits per heavy atom. The monoisotopic (exact) mass is 332 g/mol. The molecule has 0 saturated carbocycles. The first kappa shape index (κ1) is 18.2. The van der Waals surface area contributed by atoms with Crippen LogP contribution in [0.4, 0.5) is 0 Å². The van der Waals surface area contributed by atoms with Gasteiger partial charge in [-0.3, -0.25) is 0 Å². The van der Waals surface area contributed by atoms with Crippen molar-refractivity contribution in [2.75, 3.05) is 13.3 Å². The van der Waals surface area contributed by atoms with E-state index >= 15 is 0 Å². The first-order valence-electron chi connectivity index (χ1n) is 6.82. The maximum absolute atomic E-state index is 12.4. The fourth-order valence-corrected chi connectivity index (χ4v) is 4.11. The maximum atomic E-state index is 12.4. The molecule has 0 aromatic heterocycles. The predicted octanol–water partition coefficient (Wildman–Crippen LogP) is 3.08. The fourth-order valence-electron chi connectivity index (χ4n) is 1.99. The summed E-state index contributed by atoms with van der Waals surface area (Å²) in [6.45, 7) is 5.88. The second kappa shape index (κ2) is 7.99. The Morgan fingerprint density at radius 2 is 1.81 bits per heavy atom. The number of rotatable bonds is 8. The molecule has 0 aliphatic rings. The SMILES string of the molecule is CO[P+](=O)CC(CC(C)C)NS(=O)(=O)c1ccc(C)cc1. The molecule has 0 saturated heterocycles. The van der Waals surface area contributed by atoms with Crippen LogP contribution in [0.25, 0.3) is 0 Å². The zero-order chi connectivity index (χ0) is 16.0. The predicted molar refractivity (Wildman–Crippen MR) is 84.2 cm³/mol. The smallest absolute Gasteiger partial charge is 0.207 e. The van der Waals surface area contributed by atoms with Gasteiger partial charge < -0.3 is 0 Å². The number of benzene rings is 1. The van der Waals surface area contributed by atoms with Crippen molar-refractivity contribution in [2.45, 2.75) is 38.1 Å². The number of sulfonamides is 1. The topological polar surface area (TPSA) is 72.5 Å². The zero-order valence-electron chi connectivity index (χ0n) is 12.9. The molecule has 0 aliphatic carbocycles. The summed E-state index contributed by atoms with van der Waals surface area (Å²) in [7, 11) is -4.10. The second-order valence-electron chi connectivity index (χ2n) is 5.46. The number of aryl methyl sites for hydroxylation is 1. The van der Waals surface area contributed by atoms with Crippen LogP contribution in [0.3, 0.4) is 0 Å². The van der Waals surface area contributed by atoms with Crippen LogP contribution >= 0.6 is 8.03 Å². The van der Waals surface area contributed by atoms with Gasteiger partial charge in [-0.25, -0.2) is 13.1 Å². The highest BCUT2D eigenvalue weighted by molar-refractivity contribution is 7.89. The minimum absolute atomic E-state index is 0.176. The van der Waals surface area contributed by atoms with E-state index in [9.17, 15) is 13.0 Å². The molecular weight excluding hydrogens is 309 g/mol. The van der Waals surface area contributed by atoms with Gasteiger partial charge in [0.05, 0.1) is 18.0 Å². The summed E-state index contributed by atoms with van der Waals surface area (Å²) in [6.07, 6.45) is 0.782. The number of nitrogens with one attached hydrogen (secondary N) is 1. The summed E-state index contributed by atoms with van der Waals surface area (Å²) in [5.74, 6) is 0.288. The van der Waals surface area contributed by atoms with Gasteiger partial charge in [0, 0.05) is 0 Å². The standard InChI is InChI=1S/C14H23NO4PS/c1-11(2)9-13(10-20(16)19-4)15-21(17,18)14-7-5-12(3)6-8-14/h5-8,11,13,15H,9-10H2,1-4H3/q+1. The van der Waals surface area contributed by atoms with E-state index in [0.717, 1.165) is 5.56 Å². The van der Waals surface area contributed by atoms with E-state index in [0.29, 0.717) is 6.42 Å². The van der Waals surface area contributed by atoms with Crippen LogP contribution in [0.15, 0.2) is 29.2 Å². The summed E-state index contributed by atoms with van der Waals surface area (Å²) in [4.78, 5) is 0.217. The first-order chi connectivity index (χ1) is 9.74. The van der Waals surface area contributed by atoms with Crippen molar-refractivity contribution in [1.29, 1.82) is 0 Å². The largest absolute Gasteiger partial charge is 0.509 e. The quantitative estimate of drug-likeness (QED) is 0.743. The van der Waals surface area contributed by atoms with E-state index < -0.39 is 24.1 Å². The summed E-state index contributed by atoms with van der Waals surface area (Å²) in [6, 6.07) is 6.24. The molecule has 0 fully saturated rings. The lowest BCUT2D eigenvalue weighted by atomic mass is 10.1. The third-order valence-corrected chi connectivity index (χ3v) is 5.66. The Morgan fingerprint density at radius 1 is 1.24 bits per heavy atom. The van der Waals surface area contributed by atoms with E-state index in [1.807, 2.05) is 20.8 Å². The lowest BCUT2D eigenvalue weighted by Gasteiger charge is -2.16. The van der Waals surface area contributed by atoms with Crippen molar-refractivity contribution in [3.63, 3.8) is 0 Å². The second-order valence-corrected chi connectivity index (χ2v) is 8.57. The molecule has 1 aromatic carbocycles. The van der Waals surface area contributed by atoms with Crippen molar-refractivity contribution < 1.29 is 17.5 Å². The molecule has 0 heterocycles. The lowest BCUT2D eigenvalue weighted by molar-refractivity contribution is 0.403. The van der Waals surface area contributed by atoms with Crippen molar-refractivity contribution in [3.8, 4) is 0 Å². The molecule has 0 aliphatic heterocycles. The lowest BCUT2D eigenvalue weighted by Crippen LogP contribution is -2.37. The van der Waals surface area contributed by atoms with E-state index in [2.05, 4.69) is 4.72 Å². The highest BCUT2D eigenvalue weighted by atomic mass is 32.2. The highest BCUT2D eigenvalue weighted by Gasteiger charge is 2.28. The Labute approximate surface area is 128 Å². The van der Waals surface area contributed by atoms with Crippen LogP contribution in [-0.2, 0) is 19.1 Å². The van der Waals surface area contributed by atoms with Crippen LogP contribution in [0.5, 0.6) is 0 Å². The summed E-state index contributed by atoms with van der Waals surface area (Å²) < 4.78 is 43.7. The average Bonchev–Trinajstić information content (AvgIpc) is 2.37. The molecule has 2 atom stereocenters. The Balaban J connectivity index is 2.89. The third kappa shape index (κ3) is 6.22. The summed E-state index contributed by atoms with van der Waals surface area (Å²) >= 11 is 0. The third-order valence-electron chi connectivity index (χ3n) is 2.98. The van der Waals surface area contributed by atoms with E-state index in [1.165, 1.54) is 7.11 Å². The molecule has 2 unspecified atom stereocenters.